The number of sulfonamides is 1. The number of nitrogens with zero attached hydrogens (tertiary/aromatic N) is 3. The Kier molecular flexibility index (Phi) is 6.60. The van der Waals surface area contributed by atoms with Gasteiger partial charge in [-0.25, -0.2) is 23.4 Å². The highest BCUT2D eigenvalue weighted by Crippen LogP contribution is 2.45. The van der Waals surface area contributed by atoms with Crippen LogP contribution in [0.1, 0.15) is 38.2 Å². The van der Waals surface area contributed by atoms with Crippen molar-refractivity contribution >= 4 is 32.3 Å². The van der Waals surface area contributed by atoms with E-state index in [2.05, 4.69) is 30.3 Å². The number of benzene rings is 2. The van der Waals surface area contributed by atoms with Crippen molar-refractivity contribution in [3.8, 4) is 22.9 Å². The van der Waals surface area contributed by atoms with Crippen LogP contribution in [0.2, 0.25) is 0 Å². The van der Waals surface area contributed by atoms with Crippen molar-refractivity contribution in [2.45, 2.75) is 50.3 Å². The molecule has 1 saturated heterocycles. The molecule has 0 bridgehead atoms. The smallest absolute Gasteiger partial charge is 0.246 e. The van der Waals surface area contributed by atoms with E-state index in [4.69, 9.17) is 4.74 Å². The quantitative estimate of drug-likeness (QED) is 0.275. The van der Waals surface area contributed by atoms with E-state index >= 15 is 0 Å². The number of aryl methyl sites for hydroxylation is 1. The summed E-state index contributed by atoms with van der Waals surface area (Å²) < 4.78 is 34.6. The molecule has 0 spiro atoms. The lowest BCUT2D eigenvalue weighted by atomic mass is 10.0. The second-order valence-corrected chi connectivity index (χ2v) is 12.8. The third kappa shape index (κ3) is 5.14. The molecule has 4 aromatic rings. The van der Waals surface area contributed by atoms with Gasteiger partial charge in [-0.3, -0.25) is 4.72 Å². The summed E-state index contributed by atoms with van der Waals surface area (Å²) in [6, 6.07) is 13.6. The van der Waals surface area contributed by atoms with Gasteiger partial charge in [0.2, 0.25) is 15.9 Å². The van der Waals surface area contributed by atoms with Crippen LogP contribution in [0.4, 0.5) is 11.5 Å². The van der Waals surface area contributed by atoms with E-state index in [0.29, 0.717) is 41.9 Å². The molecule has 0 unspecified atom stereocenters. The molecular weight excluding hydrogens is 512 g/mol. The second-order valence-electron chi connectivity index (χ2n) is 10.6. The maximum Gasteiger partial charge on any atom is 0.246 e. The first-order valence-corrected chi connectivity index (χ1v) is 14.8. The number of anilines is 2. The normalized spacial score (nSPS) is 18.5. The van der Waals surface area contributed by atoms with Gasteiger partial charge >= 0.3 is 0 Å². The number of hydrogen-bond donors (Lipinski definition) is 3. The zero-order valence-electron chi connectivity index (χ0n) is 22.1. The minimum absolute atomic E-state index is 0.325. The number of piperidine rings is 1. The lowest BCUT2D eigenvalue weighted by Crippen LogP contribution is -2.38. The lowest BCUT2D eigenvalue weighted by Gasteiger charge is -2.24. The minimum atomic E-state index is -3.51. The molecule has 0 amide bonds. The largest absolute Gasteiger partial charge is 0.436 e. The molecule has 9 nitrogen and oxygen atoms in total. The van der Waals surface area contributed by atoms with E-state index in [9.17, 15) is 8.42 Å². The van der Waals surface area contributed by atoms with Crippen LogP contribution < -0.4 is 20.1 Å². The molecule has 3 heterocycles. The van der Waals surface area contributed by atoms with Crippen LogP contribution in [0.25, 0.3) is 22.0 Å². The summed E-state index contributed by atoms with van der Waals surface area (Å²) in [6.07, 6.45) is 8.56. The summed E-state index contributed by atoms with van der Waals surface area (Å²) in [6.45, 7) is 5.64. The number of fused-ring (bicyclic) bond motifs is 1. The van der Waals surface area contributed by atoms with Gasteiger partial charge in [0.1, 0.15) is 17.3 Å². The Labute approximate surface area is 228 Å². The molecule has 202 valence electrons. The highest BCUT2D eigenvalue weighted by molar-refractivity contribution is 7.94. The SMILES string of the molecule is Cc1cc(NS(=O)(=O)C2(C)CC2)c2ccccc2c1Oc1nccnc1-c1ccnc(N[C@H]2CCCNC2)c1. The van der Waals surface area contributed by atoms with Gasteiger partial charge in [-0.1, -0.05) is 24.3 Å². The Bertz CT molecular complexity index is 1630. The van der Waals surface area contributed by atoms with Crippen molar-refractivity contribution in [2.24, 2.45) is 0 Å². The number of hydrogen-bond acceptors (Lipinski definition) is 8. The van der Waals surface area contributed by atoms with Crippen molar-refractivity contribution < 1.29 is 13.2 Å². The molecule has 1 aliphatic heterocycles. The van der Waals surface area contributed by atoms with Gasteiger partial charge in [0.05, 0.1) is 10.4 Å². The number of pyridine rings is 1. The number of rotatable bonds is 8. The Morgan fingerprint density at radius 2 is 1.82 bits per heavy atom. The Hall–Kier alpha value is -3.76. The third-order valence-electron chi connectivity index (χ3n) is 7.57. The third-order valence-corrected chi connectivity index (χ3v) is 9.77. The summed E-state index contributed by atoms with van der Waals surface area (Å²) in [5.74, 6) is 1.75. The predicted octanol–water partition coefficient (Wildman–Crippen LogP) is 5.25. The van der Waals surface area contributed by atoms with Crippen molar-refractivity contribution in [1.29, 1.82) is 0 Å². The molecule has 1 aliphatic carbocycles. The van der Waals surface area contributed by atoms with E-state index in [-0.39, 0.29) is 0 Å². The first kappa shape index (κ1) is 25.5. The average molecular weight is 545 g/mol. The van der Waals surface area contributed by atoms with E-state index in [0.717, 1.165) is 53.6 Å². The van der Waals surface area contributed by atoms with Gasteiger partial charge in [-0.05, 0) is 69.8 Å². The number of aromatic nitrogens is 3. The highest BCUT2D eigenvalue weighted by Gasteiger charge is 2.50. The maximum absolute atomic E-state index is 13.0. The summed E-state index contributed by atoms with van der Waals surface area (Å²) in [5.41, 5.74) is 2.76. The van der Waals surface area contributed by atoms with Gasteiger partial charge in [0.15, 0.2) is 0 Å². The molecule has 2 aromatic heterocycles. The van der Waals surface area contributed by atoms with Gasteiger partial charge in [-0.15, -0.1) is 0 Å². The van der Waals surface area contributed by atoms with E-state index in [1.807, 2.05) is 49.4 Å². The van der Waals surface area contributed by atoms with Crippen molar-refractivity contribution in [2.75, 3.05) is 23.1 Å². The summed E-state index contributed by atoms with van der Waals surface area (Å²) in [4.78, 5) is 13.6. The standard InChI is InChI=1S/C29H32N6O3S/c1-19-16-24(35-39(36,37)29(2)10-11-29)22-7-3-4-8-23(22)27(19)38-28-26(32-14-15-33-28)20-9-13-31-25(17-20)34-21-6-5-12-30-18-21/h3-4,7-9,13-17,21,30,35H,5-6,10-12,18H2,1-2H3,(H,31,34)/t21-/m0/s1. The zero-order valence-corrected chi connectivity index (χ0v) is 22.9. The monoisotopic (exact) mass is 544 g/mol. The van der Waals surface area contributed by atoms with E-state index in [1.165, 1.54) is 0 Å². The second kappa shape index (κ2) is 10.1. The van der Waals surface area contributed by atoms with Crippen molar-refractivity contribution in [3.05, 3.63) is 66.6 Å². The Morgan fingerprint density at radius 3 is 2.59 bits per heavy atom. The van der Waals surface area contributed by atoms with Crippen LogP contribution in [-0.2, 0) is 10.0 Å². The Morgan fingerprint density at radius 1 is 1.03 bits per heavy atom. The van der Waals surface area contributed by atoms with E-state index in [1.54, 1.807) is 25.5 Å². The first-order chi connectivity index (χ1) is 18.8. The fourth-order valence-electron chi connectivity index (χ4n) is 4.96. The number of nitrogens with one attached hydrogen (secondary N) is 3. The molecule has 0 radical (unpaired) electrons. The molecule has 3 N–H and O–H groups in total. The molecule has 10 heteroatoms. The topological polar surface area (TPSA) is 118 Å². The van der Waals surface area contributed by atoms with Crippen LogP contribution in [-0.4, -0.2) is 47.2 Å². The predicted molar refractivity (Wildman–Crippen MR) is 154 cm³/mol. The fourth-order valence-corrected chi connectivity index (χ4v) is 6.30. The molecule has 2 aliphatic rings. The average Bonchev–Trinajstić information content (AvgIpc) is 3.71. The number of ether oxygens (including phenoxy) is 1. The molecule has 2 aromatic carbocycles. The molecule has 39 heavy (non-hydrogen) atoms. The van der Waals surface area contributed by atoms with Crippen molar-refractivity contribution in [1.82, 2.24) is 20.3 Å². The van der Waals surface area contributed by atoms with Crippen LogP contribution in [0.5, 0.6) is 11.6 Å². The minimum Gasteiger partial charge on any atom is -0.436 e. The van der Waals surface area contributed by atoms with Gasteiger partial charge in [-0.2, -0.15) is 0 Å². The Balaban J connectivity index is 1.34. The van der Waals surface area contributed by atoms with Crippen LogP contribution >= 0.6 is 0 Å². The molecule has 1 saturated carbocycles. The summed E-state index contributed by atoms with van der Waals surface area (Å²) in [5, 5.41) is 8.47. The zero-order chi connectivity index (χ0) is 27.0. The molecule has 1 atom stereocenters. The molecular formula is C29H32N6O3S. The molecule has 2 fully saturated rings. The summed E-state index contributed by atoms with van der Waals surface area (Å²) in [7, 11) is -3.51. The fraction of sp³-hybridized carbons (Fsp3) is 0.345. The summed E-state index contributed by atoms with van der Waals surface area (Å²) >= 11 is 0. The highest BCUT2D eigenvalue weighted by atomic mass is 32.2. The van der Waals surface area contributed by atoms with Crippen LogP contribution in [0.15, 0.2) is 61.1 Å². The van der Waals surface area contributed by atoms with Crippen molar-refractivity contribution in [3.63, 3.8) is 0 Å². The molecule has 6 rings (SSSR count). The van der Waals surface area contributed by atoms with Gasteiger partial charge < -0.3 is 15.4 Å². The lowest BCUT2D eigenvalue weighted by molar-refractivity contribution is 0.464. The van der Waals surface area contributed by atoms with Gasteiger partial charge in [0.25, 0.3) is 0 Å². The van der Waals surface area contributed by atoms with Crippen LogP contribution in [0, 0.1) is 6.92 Å². The van der Waals surface area contributed by atoms with Crippen LogP contribution in [0.3, 0.4) is 0 Å². The first-order valence-electron chi connectivity index (χ1n) is 13.3. The van der Waals surface area contributed by atoms with E-state index < -0.39 is 14.8 Å². The maximum atomic E-state index is 13.0. The van der Waals surface area contributed by atoms with Gasteiger partial charge in [0, 0.05) is 47.5 Å².